The molecule has 4 aliphatic heterocycles. The van der Waals surface area contributed by atoms with Gasteiger partial charge in [0.05, 0.1) is 0 Å². The summed E-state index contributed by atoms with van der Waals surface area (Å²) in [5.41, 5.74) is 6.34. The summed E-state index contributed by atoms with van der Waals surface area (Å²) in [5, 5.41) is 16.3. The number of aliphatic hydroxyl groups excluding tert-OH is 1. The van der Waals surface area contributed by atoms with Gasteiger partial charge in [0, 0.05) is 7.11 Å². The van der Waals surface area contributed by atoms with Crippen molar-refractivity contribution in [3.05, 3.63) is 11.5 Å². The third kappa shape index (κ3) is 2.46. The van der Waals surface area contributed by atoms with Gasteiger partial charge in [0.15, 0.2) is 12.3 Å². The number of nitrogens with two attached hydrogens (primary N) is 1. The highest BCUT2D eigenvalue weighted by atomic mass is 31.2. The molecular weight excluding hydrogens is 340 g/mol. The van der Waals surface area contributed by atoms with Crippen molar-refractivity contribution >= 4 is 21.2 Å². The van der Waals surface area contributed by atoms with Gasteiger partial charge >= 0.3 is 15.4 Å². The molecule has 0 saturated carbocycles. The number of nitrogens with zero attached hydrogens (tertiary/aromatic N) is 2. The molecule has 2 saturated heterocycles. The fraction of sp³-hybridized carbons (Fsp3) is 0.727. The van der Waals surface area contributed by atoms with Crippen LogP contribution < -0.4 is 16.4 Å². The molecule has 0 aromatic heterocycles. The summed E-state index contributed by atoms with van der Waals surface area (Å²) in [6.07, 6.45) is -3.53. The Morgan fingerprint density at radius 2 is 2.33 bits per heavy atom. The fourth-order valence-electron chi connectivity index (χ4n) is 3.27. The SMILES string of the molecule is [B][P+]1(O)OCC2OC(N3C4=C(NC3O)C(N)=NCN4)C(OC)[C@@H]2O1. The molecule has 4 rings (SSSR count). The molecule has 2 radical (unpaired) electrons. The maximum atomic E-state index is 10.4. The molecule has 0 aliphatic carbocycles. The zero-order valence-electron chi connectivity index (χ0n) is 12.8. The van der Waals surface area contributed by atoms with Crippen LogP contribution in [-0.2, 0) is 18.5 Å². The Bertz CT molecular complexity index is 605. The van der Waals surface area contributed by atoms with Gasteiger partial charge < -0.3 is 30.9 Å². The lowest BCUT2D eigenvalue weighted by Crippen LogP contribution is -2.52. The number of amidine groups is 1. The van der Waals surface area contributed by atoms with E-state index in [2.05, 4.69) is 15.6 Å². The first-order valence-electron chi connectivity index (χ1n) is 7.34. The quantitative estimate of drug-likeness (QED) is 0.260. The minimum absolute atomic E-state index is 0.0715. The van der Waals surface area contributed by atoms with Gasteiger partial charge in [-0.3, -0.25) is 4.90 Å². The third-order valence-electron chi connectivity index (χ3n) is 4.31. The van der Waals surface area contributed by atoms with Gasteiger partial charge in [0.25, 0.3) is 0 Å². The first-order chi connectivity index (χ1) is 11.4. The van der Waals surface area contributed by atoms with Crippen molar-refractivity contribution in [1.82, 2.24) is 15.5 Å². The second-order valence-electron chi connectivity index (χ2n) is 5.72. The van der Waals surface area contributed by atoms with Crippen molar-refractivity contribution in [1.29, 1.82) is 0 Å². The summed E-state index contributed by atoms with van der Waals surface area (Å²) in [7, 11) is 3.68. The molecule has 24 heavy (non-hydrogen) atoms. The molecule has 4 heterocycles. The van der Waals surface area contributed by atoms with Crippen molar-refractivity contribution in [2.45, 2.75) is 30.9 Å². The third-order valence-corrected chi connectivity index (χ3v) is 5.38. The van der Waals surface area contributed by atoms with Crippen LogP contribution in [0.25, 0.3) is 0 Å². The number of hydrogen-bond donors (Lipinski definition) is 5. The van der Waals surface area contributed by atoms with Crippen LogP contribution in [0.1, 0.15) is 0 Å². The average Bonchev–Trinajstić information content (AvgIpc) is 3.03. The summed E-state index contributed by atoms with van der Waals surface area (Å²) < 4.78 is 22.0. The van der Waals surface area contributed by atoms with Gasteiger partial charge in [-0.05, 0) is 0 Å². The average molecular weight is 358 g/mol. The smallest absolute Gasteiger partial charge is 0.382 e. The van der Waals surface area contributed by atoms with E-state index in [9.17, 15) is 10.00 Å². The highest BCUT2D eigenvalue weighted by Gasteiger charge is 2.59. The lowest BCUT2D eigenvalue weighted by molar-refractivity contribution is -0.141. The van der Waals surface area contributed by atoms with Crippen LogP contribution in [0.4, 0.5) is 0 Å². The van der Waals surface area contributed by atoms with E-state index < -0.39 is 38.7 Å². The van der Waals surface area contributed by atoms with Crippen LogP contribution in [-0.4, -0.2) is 79.6 Å². The number of hydrogen-bond acceptors (Lipinski definition) is 11. The van der Waals surface area contributed by atoms with Crippen LogP contribution in [0.3, 0.4) is 0 Å². The van der Waals surface area contributed by atoms with Crippen LogP contribution in [0, 0.1) is 0 Å². The lowest BCUT2D eigenvalue weighted by atomic mass is 10.1. The number of methoxy groups -OCH3 is 1. The number of fused-ring (bicyclic) bond motifs is 1. The van der Waals surface area contributed by atoms with E-state index in [1.807, 2.05) is 0 Å². The van der Waals surface area contributed by atoms with Crippen molar-refractivity contribution < 1.29 is 28.5 Å². The van der Waals surface area contributed by atoms with E-state index in [0.29, 0.717) is 11.5 Å². The normalized spacial score (nSPS) is 44.5. The van der Waals surface area contributed by atoms with Gasteiger partial charge in [-0.1, -0.05) is 0 Å². The molecule has 0 spiro atoms. The summed E-state index contributed by atoms with van der Waals surface area (Å²) in [5.74, 6) is 0.843. The molecule has 13 heteroatoms. The number of aliphatic hydroxyl groups is 1. The van der Waals surface area contributed by atoms with Crippen molar-refractivity contribution in [2.75, 3.05) is 20.4 Å². The minimum atomic E-state index is -3.39. The van der Waals surface area contributed by atoms with E-state index in [0.717, 1.165) is 0 Å². The van der Waals surface area contributed by atoms with Crippen molar-refractivity contribution in [2.24, 2.45) is 10.7 Å². The van der Waals surface area contributed by atoms with E-state index in [-0.39, 0.29) is 19.1 Å². The number of nitrogens with one attached hydrogen (secondary N) is 2. The van der Waals surface area contributed by atoms with E-state index in [1.165, 1.54) is 7.11 Å². The topological polar surface area (TPSA) is 143 Å². The Labute approximate surface area is 139 Å². The van der Waals surface area contributed by atoms with Crippen LogP contribution in [0.2, 0.25) is 0 Å². The molecular formula is C11H18BN5O6P+. The number of ether oxygens (including phenoxy) is 2. The van der Waals surface area contributed by atoms with Gasteiger partial charge in [0.2, 0.25) is 6.35 Å². The van der Waals surface area contributed by atoms with Gasteiger partial charge in [-0.15, -0.1) is 0 Å². The molecule has 0 aromatic rings. The number of rotatable bonds is 2. The fourth-order valence-corrected chi connectivity index (χ4v) is 4.29. The molecule has 11 nitrogen and oxygen atoms in total. The highest BCUT2D eigenvalue weighted by Crippen LogP contribution is 2.58. The Balaban J connectivity index is 1.63. The maximum absolute atomic E-state index is 10.4. The summed E-state index contributed by atoms with van der Waals surface area (Å²) >= 11 is 0. The van der Waals surface area contributed by atoms with Crippen LogP contribution in [0.5, 0.6) is 0 Å². The summed E-state index contributed by atoms with van der Waals surface area (Å²) in [4.78, 5) is 15.5. The predicted molar refractivity (Wildman–Crippen MR) is 82.8 cm³/mol. The van der Waals surface area contributed by atoms with Crippen LogP contribution in [0.15, 0.2) is 16.5 Å². The standard InChI is InChI=1S/C11H18BN5O6P/c1-20-7-6-4(2-21-24(12,19)23-6)22-10(7)17-9-5(16-11(17)18)8(13)14-3-15-9/h4,6-7,10-11,15-16,18-19H,2-3H2,1H3,(H2,13,14)/q+1/t4?,6-,7?,10?,11?,24?/m1/s1. The molecule has 130 valence electrons. The second kappa shape index (κ2) is 5.70. The molecule has 0 aromatic carbocycles. The first-order valence-corrected chi connectivity index (χ1v) is 8.99. The number of aliphatic imine (C=N–C) groups is 1. The molecule has 2 fully saturated rings. The molecule has 6 atom stereocenters. The van der Waals surface area contributed by atoms with Gasteiger partial charge in [0.1, 0.15) is 42.8 Å². The molecule has 4 aliphatic rings. The molecule has 6 N–H and O–H groups in total. The van der Waals surface area contributed by atoms with Crippen LogP contribution >= 0.6 is 7.82 Å². The Morgan fingerprint density at radius 3 is 3.08 bits per heavy atom. The zero-order chi connectivity index (χ0) is 17.1. The van der Waals surface area contributed by atoms with Gasteiger partial charge in [-0.2, -0.15) is 9.05 Å². The monoisotopic (exact) mass is 358 g/mol. The van der Waals surface area contributed by atoms with Crippen molar-refractivity contribution in [3.8, 4) is 0 Å². The second-order valence-corrected chi connectivity index (χ2v) is 7.32. The highest BCUT2D eigenvalue weighted by molar-refractivity contribution is 7.85. The first kappa shape index (κ1) is 16.3. The summed E-state index contributed by atoms with van der Waals surface area (Å²) in [6.45, 7) is 0.350. The predicted octanol–water partition coefficient (Wildman–Crippen LogP) is -2.75. The van der Waals surface area contributed by atoms with E-state index in [4.69, 9.17) is 31.8 Å². The Morgan fingerprint density at radius 1 is 1.54 bits per heavy atom. The zero-order valence-corrected chi connectivity index (χ0v) is 13.7. The molecule has 5 unspecified atom stereocenters. The lowest BCUT2D eigenvalue weighted by Gasteiger charge is -2.34. The Hall–Kier alpha value is -1.14. The Kier molecular flexibility index (Phi) is 3.88. The van der Waals surface area contributed by atoms with E-state index >= 15 is 0 Å². The largest absolute Gasteiger partial charge is 0.488 e. The molecule has 0 bridgehead atoms. The maximum Gasteiger partial charge on any atom is 0.488 e. The minimum Gasteiger partial charge on any atom is -0.382 e. The van der Waals surface area contributed by atoms with Gasteiger partial charge in [-0.25, -0.2) is 9.89 Å². The van der Waals surface area contributed by atoms with Crippen molar-refractivity contribution in [3.63, 3.8) is 0 Å². The molecule has 0 amide bonds. The van der Waals surface area contributed by atoms with E-state index in [1.54, 1.807) is 4.90 Å². The summed E-state index contributed by atoms with van der Waals surface area (Å²) in [6, 6.07) is 0.